The first-order valence-electron chi connectivity index (χ1n) is 6.95. The van der Waals surface area contributed by atoms with Gasteiger partial charge in [-0.05, 0) is 61.9 Å². The van der Waals surface area contributed by atoms with Gasteiger partial charge in [-0.3, -0.25) is 4.79 Å². The van der Waals surface area contributed by atoms with Crippen molar-refractivity contribution in [3.63, 3.8) is 0 Å². The van der Waals surface area contributed by atoms with Crippen molar-refractivity contribution in [2.75, 3.05) is 11.9 Å². The van der Waals surface area contributed by atoms with Crippen molar-refractivity contribution in [1.82, 2.24) is 5.32 Å². The molecule has 2 fully saturated rings. The summed E-state index contributed by atoms with van der Waals surface area (Å²) < 4.78 is 1.00. The van der Waals surface area contributed by atoms with Gasteiger partial charge >= 0.3 is 0 Å². The van der Waals surface area contributed by atoms with Crippen molar-refractivity contribution in [3.8, 4) is 0 Å². The minimum absolute atomic E-state index is 0.00760. The van der Waals surface area contributed by atoms with E-state index in [0.29, 0.717) is 11.8 Å². The molecule has 4 heteroatoms. The number of carbonyl (C=O) groups excluding carboxylic acids is 1. The molecule has 2 N–H and O–H groups in total. The Bertz CT molecular complexity index is 483. The van der Waals surface area contributed by atoms with Crippen LogP contribution in [0.1, 0.15) is 24.8 Å². The molecule has 1 amide bonds. The van der Waals surface area contributed by atoms with E-state index in [9.17, 15) is 4.79 Å². The molecule has 0 radical (unpaired) electrons. The number of amides is 1. The molecule has 2 aliphatic rings. The van der Waals surface area contributed by atoms with Crippen molar-refractivity contribution in [2.24, 2.45) is 11.8 Å². The summed E-state index contributed by atoms with van der Waals surface area (Å²) in [4.78, 5) is 12.4. The second-order valence-corrected chi connectivity index (χ2v) is 6.66. The molecule has 0 aromatic heterocycles. The lowest BCUT2D eigenvalue weighted by molar-refractivity contribution is -0.118. The highest BCUT2D eigenvalue weighted by molar-refractivity contribution is 9.10. The lowest BCUT2D eigenvalue weighted by Gasteiger charge is -2.18. The van der Waals surface area contributed by atoms with E-state index in [1.54, 1.807) is 0 Å². The van der Waals surface area contributed by atoms with Crippen LogP contribution in [0.5, 0.6) is 0 Å². The molecule has 3 rings (SSSR count). The van der Waals surface area contributed by atoms with Crippen LogP contribution in [0.15, 0.2) is 22.7 Å². The van der Waals surface area contributed by atoms with Gasteiger partial charge in [-0.2, -0.15) is 0 Å². The van der Waals surface area contributed by atoms with Gasteiger partial charge in [-0.15, -0.1) is 0 Å². The predicted molar refractivity (Wildman–Crippen MR) is 80.1 cm³/mol. The number of benzene rings is 1. The summed E-state index contributed by atoms with van der Waals surface area (Å²) in [7, 11) is 0. The Kier molecular flexibility index (Phi) is 3.63. The number of hydrogen-bond donors (Lipinski definition) is 2. The first kappa shape index (κ1) is 13.1. The molecule has 1 saturated carbocycles. The highest BCUT2D eigenvalue weighted by atomic mass is 79.9. The Labute approximate surface area is 122 Å². The van der Waals surface area contributed by atoms with Gasteiger partial charge in [0.1, 0.15) is 0 Å². The highest BCUT2D eigenvalue weighted by Gasteiger charge is 2.42. The summed E-state index contributed by atoms with van der Waals surface area (Å²) in [6.07, 6.45) is 3.74. The zero-order valence-electron chi connectivity index (χ0n) is 11.1. The van der Waals surface area contributed by atoms with E-state index < -0.39 is 0 Å². The van der Waals surface area contributed by atoms with Crippen LogP contribution < -0.4 is 10.6 Å². The summed E-state index contributed by atoms with van der Waals surface area (Å²) in [5.74, 6) is 1.36. The Hall–Kier alpha value is -0.870. The maximum absolute atomic E-state index is 12.4. The summed E-state index contributed by atoms with van der Waals surface area (Å²) in [5, 5.41) is 6.43. The lowest BCUT2D eigenvalue weighted by Crippen LogP contribution is -2.39. The number of aryl methyl sites for hydroxylation is 1. The van der Waals surface area contributed by atoms with Crippen LogP contribution in [-0.4, -0.2) is 18.5 Å². The second kappa shape index (κ2) is 5.25. The molecule has 3 unspecified atom stereocenters. The zero-order valence-corrected chi connectivity index (χ0v) is 12.7. The van der Waals surface area contributed by atoms with Gasteiger partial charge < -0.3 is 10.6 Å². The Balaban J connectivity index is 1.71. The molecular formula is C15H19BrN2O. The SMILES string of the molecule is Cc1cc(Br)cc(NC(=O)C2NCC3CCCC32)c1. The van der Waals surface area contributed by atoms with Crippen LogP contribution in [0.2, 0.25) is 0 Å². The van der Waals surface area contributed by atoms with Gasteiger partial charge in [0.2, 0.25) is 5.91 Å². The molecule has 1 heterocycles. The minimum Gasteiger partial charge on any atom is -0.325 e. The van der Waals surface area contributed by atoms with Crippen molar-refractivity contribution in [1.29, 1.82) is 0 Å². The third-order valence-corrected chi connectivity index (χ3v) is 4.80. The monoisotopic (exact) mass is 322 g/mol. The van der Waals surface area contributed by atoms with Crippen LogP contribution in [-0.2, 0) is 4.79 Å². The molecule has 102 valence electrons. The fraction of sp³-hybridized carbons (Fsp3) is 0.533. The zero-order chi connectivity index (χ0) is 13.4. The van der Waals surface area contributed by atoms with E-state index in [4.69, 9.17) is 0 Å². The number of carbonyl (C=O) groups is 1. The smallest absolute Gasteiger partial charge is 0.241 e. The van der Waals surface area contributed by atoms with Gasteiger partial charge in [0.25, 0.3) is 0 Å². The number of fused-ring (bicyclic) bond motifs is 1. The quantitative estimate of drug-likeness (QED) is 0.878. The third kappa shape index (κ3) is 2.70. The molecular weight excluding hydrogens is 304 g/mol. The van der Waals surface area contributed by atoms with E-state index in [1.165, 1.54) is 19.3 Å². The van der Waals surface area contributed by atoms with Gasteiger partial charge in [-0.1, -0.05) is 22.4 Å². The summed E-state index contributed by atoms with van der Waals surface area (Å²) in [6, 6.07) is 5.98. The first-order chi connectivity index (χ1) is 9.13. The average molecular weight is 323 g/mol. The molecule has 1 aliphatic heterocycles. The van der Waals surface area contributed by atoms with Crippen LogP contribution in [0.25, 0.3) is 0 Å². The highest BCUT2D eigenvalue weighted by Crippen LogP contribution is 2.38. The average Bonchev–Trinajstić information content (AvgIpc) is 2.87. The molecule has 1 aromatic rings. The number of halogens is 1. The predicted octanol–water partition coefficient (Wildman–Crippen LogP) is 3.08. The van der Waals surface area contributed by atoms with Crippen LogP contribution in [0.3, 0.4) is 0 Å². The van der Waals surface area contributed by atoms with Crippen molar-refractivity contribution >= 4 is 27.5 Å². The first-order valence-corrected chi connectivity index (χ1v) is 7.74. The normalized spacial score (nSPS) is 29.3. The van der Waals surface area contributed by atoms with Gasteiger partial charge in [-0.25, -0.2) is 0 Å². The van der Waals surface area contributed by atoms with Crippen LogP contribution >= 0.6 is 15.9 Å². The van der Waals surface area contributed by atoms with Gasteiger partial charge in [0.15, 0.2) is 0 Å². The fourth-order valence-corrected chi connectivity index (χ4v) is 4.11. The van der Waals surface area contributed by atoms with Crippen LogP contribution in [0, 0.1) is 18.8 Å². The number of rotatable bonds is 2. The molecule has 1 aliphatic carbocycles. The maximum atomic E-state index is 12.4. The molecule has 0 spiro atoms. The topological polar surface area (TPSA) is 41.1 Å². The summed E-state index contributed by atoms with van der Waals surface area (Å²) in [5.41, 5.74) is 2.02. The molecule has 3 atom stereocenters. The van der Waals surface area contributed by atoms with Crippen molar-refractivity contribution < 1.29 is 4.79 Å². The van der Waals surface area contributed by atoms with E-state index >= 15 is 0 Å². The van der Waals surface area contributed by atoms with Gasteiger partial charge in [0.05, 0.1) is 6.04 Å². The Morgan fingerprint density at radius 1 is 1.37 bits per heavy atom. The fourth-order valence-electron chi connectivity index (χ4n) is 3.50. The molecule has 0 bridgehead atoms. The van der Waals surface area contributed by atoms with E-state index in [1.807, 2.05) is 25.1 Å². The minimum atomic E-state index is -0.00760. The Morgan fingerprint density at radius 3 is 3.00 bits per heavy atom. The van der Waals surface area contributed by atoms with Crippen LogP contribution in [0.4, 0.5) is 5.69 Å². The number of nitrogens with one attached hydrogen (secondary N) is 2. The molecule has 19 heavy (non-hydrogen) atoms. The van der Waals surface area contributed by atoms with Crippen molar-refractivity contribution in [2.45, 2.75) is 32.2 Å². The largest absolute Gasteiger partial charge is 0.325 e. The molecule has 1 aromatic carbocycles. The lowest BCUT2D eigenvalue weighted by atomic mass is 9.93. The summed E-state index contributed by atoms with van der Waals surface area (Å²) in [6.45, 7) is 3.03. The van der Waals surface area contributed by atoms with E-state index in [0.717, 1.165) is 22.3 Å². The van der Waals surface area contributed by atoms with E-state index in [-0.39, 0.29) is 11.9 Å². The molecule has 3 nitrogen and oxygen atoms in total. The van der Waals surface area contributed by atoms with E-state index in [2.05, 4.69) is 26.6 Å². The second-order valence-electron chi connectivity index (χ2n) is 5.75. The third-order valence-electron chi connectivity index (χ3n) is 4.34. The van der Waals surface area contributed by atoms with Gasteiger partial charge in [0, 0.05) is 10.2 Å². The van der Waals surface area contributed by atoms with Crippen molar-refractivity contribution in [3.05, 3.63) is 28.2 Å². The number of anilines is 1. The standard InChI is InChI=1S/C15H19BrN2O/c1-9-5-11(16)7-12(6-9)18-15(19)14-13-4-2-3-10(13)8-17-14/h5-7,10,13-14,17H,2-4,8H2,1H3,(H,18,19). The summed E-state index contributed by atoms with van der Waals surface area (Å²) >= 11 is 3.46. The number of hydrogen-bond acceptors (Lipinski definition) is 2. The maximum Gasteiger partial charge on any atom is 0.241 e. The molecule has 1 saturated heterocycles. The Morgan fingerprint density at radius 2 is 2.21 bits per heavy atom.